The van der Waals surface area contributed by atoms with E-state index in [1.54, 1.807) is 18.3 Å². The number of carbonyl (C=O) groups excluding carboxylic acids is 1. The van der Waals surface area contributed by atoms with Gasteiger partial charge in [0.05, 0.1) is 0 Å². The third kappa shape index (κ3) is 4.88. The van der Waals surface area contributed by atoms with E-state index in [1.807, 2.05) is 31.2 Å². The van der Waals surface area contributed by atoms with Gasteiger partial charge in [-0.1, -0.05) is 43.2 Å². The Morgan fingerprint density at radius 1 is 1.18 bits per heavy atom. The number of hydrogen-bond donors (Lipinski definition) is 2. The molecule has 4 heteroatoms. The fourth-order valence-electron chi connectivity index (χ4n) is 2.05. The summed E-state index contributed by atoms with van der Waals surface area (Å²) in [5, 5.41) is 6.16. The Kier molecular flexibility index (Phi) is 5.95. The van der Waals surface area contributed by atoms with Crippen molar-refractivity contribution >= 4 is 11.7 Å². The minimum Gasteiger partial charge on any atom is -0.370 e. The van der Waals surface area contributed by atoms with Crippen molar-refractivity contribution in [2.45, 2.75) is 33.2 Å². The average Bonchev–Trinajstić information content (AvgIpc) is 2.54. The number of unbranched alkanes of at least 4 members (excludes halogenated alkanes) is 1. The Labute approximate surface area is 132 Å². The second-order valence-electron chi connectivity index (χ2n) is 5.38. The summed E-state index contributed by atoms with van der Waals surface area (Å²) in [6.07, 6.45) is 3.88. The van der Waals surface area contributed by atoms with Crippen LogP contribution in [0.2, 0.25) is 0 Å². The highest BCUT2D eigenvalue weighted by molar-refractivity contribution is 5.94. The number of carbonyl (C=O) groups is 1. The fourth-order valence-corrected chi connectivity index (χ4v) is 2.05. The van der Waals surface area contributed by atoms with Gasteiger partial charge in [-0.05, 0) is 31.0 Å². The van der Waals surface area contributed by atoms with E-state index < -0.39 is 0 Å². The highest BCUT2D eigenvalue weighted by atomic mass is 16.1. The molecular weight excluding hydrogens is 274 g/mol. The molecule has 0 fully saturated rings. The Morgan fingerprint density at radius 2 is 1.95 bits per heavy atom. The lowest BCUT2D eigenvalue weighted by molar-refractivity contribution is 0.0951. The number of amides is 1. The topological polar surface area (TPSA) is 54.0 Å². The zero-order chi connectivity index (χ0) is 15.8. The van der Waals surface area contributed by atoms with Crippen molar-refractivity contribution in [3.8, 4) is 0 Å². The van der Waals surface area contributed by atoms with Gasteiger partial charge in [-0.2, -0.15) is 0 Å². The molecule has 22 heavy (non-hydrogen) atoms. The molecule has 0 aliphatic rings. The molecule has 1 amide bonds. The zero-order valence-electron chi connectivity index (χ0n) is 13.2. The van der Waals surface area contributed by atoms with Crippen LogP contribution in [0.3, 0.4) is 0 Å². The third-order valence-corrected chi connectivity index (χ3v) is 3.43. The second kappa shape index (κ2) is 8.17. The quantitative estimate of drug-likeness (QED) is 0.769. The first-order valence-corrected chi connectivity index (χ1v) is 7.72. The summed E-state index contributed by atoms with van der Waals surface area (Å²) in [7, 11) is 0. The van der Waals surface area contributed by atoms with Gasteiger partial charge >= 0.3 is 0 Å². The van der Waals surface area contributed by atoms with E-state index in [0.717, 1.165) is 30.8 Å². The van der Waals surface area contributed by atoms with Crippen molar-refractivity contribution in [1.82, 2.24) is 10.3 Å². The van der Waals surface area contributed by atoms with Crippen LogP contribution in [0.4, 0.5) is 5.82 Å². The molecule has 0 aliphatic carbocycles. The molecule has 2 rings (SSSR count). The molecule has 1 heterocycles. The lowest BCUT2D eigenvalue weighted by atomic mass is 10.1. The molecule has 0 bridgehead atoms. The molecule has 2 N–H and O–H groups in total. The van der Waals surface area contributed by atoms with Crippen LogP contribution in [0.25, 0.3) is 0 Å². The molecular formula is C18H23N3O. The summed E-state index contributed by atoms with van der Waals surface area (Å²) < 4.78 is 0. The number of anilines is 1. The van der Waals surface area contributed by atoms with Gasteiger partial charge in [0, 0.05) is 24.8 Å². The van der Waals surface area contributed by atoms with E-state index in [-0.39, 0.29) is 5.91 Å². The highest BCUT2D eigenvalue weighted by Gasteiger charge is 2.06. The molecule has 1 aromatic heterocycles. The predicted molar refractivity (Wildman–Crippen MR) is 90.0 cm³/mol. The molecule has 0 saturated heterocycles. The number of benzene rings is 1. The van der Waals surface area contributed by atoms with Crippen molar-refractivity contribution < 1.29 is 4.79 Å². The maximum atomic E-state index is 12.2. The summed E-state index contributed by atoms with van der Waals surface area (Å²) in [6, 6.07) is 11.7. The van der Waals surface area contributed by atoms with E-state index in [9.17, 15) is 4.79 Å². The van der Waals surface area contributed by atoms with Crippen LogP contribution in [-0.4, -0.2) is 17.4 Å². The van der Waals surface area contributed by atoms with E-state index in [2.05, 4.69) is 22.5 Å². The van der Waals surface area contributed by atoms with Crippen LogP contribution in [0.5, 0.6) is 0 Å². The summed E-state index contributed by atoms with van der Waals surface area (Å²) in [6.45, 7) is 5.59. The Hall–Kier alpha value is -2.36. The number of hydrogen-bond acceptors (Lipinski definition) is 3. The molecule has 1 aromatic carbocycles. The second-order valence-corrected chi connectivity index (χ2v) is 5.38. The van der Waals surface area contributed by atoms with Gasteiger partial charge in [-0.3, -0.25) is 4.79 Å². The van der Waals surface area contributed by atoms with Gasteiger partial charge in [-0.15, -0.1) is 0 Å². The Balaban J connectivity index is 1.91. The smallest absolute Gasteiger partial charge is 0.251 e. The first-order chi connectivity index (χ1) is 10.7. The van der Waals surface area contributed by atoms with Crippen molar-refractivity contribution in [2.24, 2.45) is 0 Å². The monoisotopic (exact) mass is 297 g/mol. The van der Waals surface area contributed by atoms with Gasteiger partial charge in [0.15, 0.2) is 0 Å². The van der Waals surface area contributed by atoms with Crippen LogP contribution in [0.1, 0.15) is 41.3 Å². The average molecular weight is 297 g/mol. The largest absolute Gasteiger partial charge is 0.370 e. The molecule has 0 unspecified atom stereocenters. The van der Waals surface area contributed by atoms with Crippen LogP contribution in [0.15, 0.2) is 42.6 Å². The summed E-state index contributed by atoms with van der Waals surface area (Å²) in [5.41, 5.74) is 2.93. The molecule has 4 nitrogen and oxygen atoms in total. The van der Waals surface area contributed by atoms with E-state index in [4.69, 9.17) is 0 Å². The molecule has 116 valence electrons. The van der Waals surface area contributed by atoms with Crippen LogP contribution < -0.4 is 10.6 Å². The number of nitrogens with one attached hydrogen (secondary N) is 2. The fraction of sp³-hybridized carbons (Fsp3) is 0.333. The van der Waals surface area contributed by atoms with Crippen LogP contribution in [-0.2, 0) is 6.54 Å². The van der Waals surface area contributed by atoms with Crippen LogP contribution >= 0.6 is 0 Å². The zero-order valence-corrected chi connectivity index (χ0v) is 13.2. The predicted octanol–water partition coefficient (Wildman–Crippen LogP) is 3.53. The van der Waals surface area contributed by atoms with Gasteiger partial charge in [-0.25, -0.2) is 4.98 Å². The summed E-state index contributed by atoms with van der Waals surface area (Å²) in [4.78, 5) is 16.4. The Morgan fingerprint density at radius 3 is 2.68 bits per heavy atom. The van der Waals surface area contributed by atoms with Crippen molar-refractivity contribution in [3.05, 3.63) is 59.3 Å². The van der Waals surface area contributed by atoms with E-state index >= 15 is 0 Å². The normalized spacial score (nSPS) is 10.3. The standard InChI is InChI=1S/C18H23N3O/c1-3-4-10-19-17-12-16(9-11-20-17)18(22)21-13-15-7-5-14(2)6-8-15/h5-9,11-12H,3-4,10,13H2,1-2H3,(H,19,20)(H,21,22). The minimum absolute atomic E-state index is 0.0819. The number of aryl methyl sites for hydroxylation is 1. The van der Waals surface area contributed by atoms with Crippen LogP contribution in [0, 0.1) is 6.92 Å². The van der Waals surface area contributed by atoms with E-state index in [0.29, 0.717) is 12.1 Å². The van der Waals surface area contributed by atoms with Crippen molar-refractivity contribution in [3.63, 3.8) is 0 Å². The van der Waals surface area contributed by atoms with Crippen molar-refractivity contribution in [1.29, 1.82) is 0 Å². The molecule has 0 atom stereocenters. The number of pyridine rings is 1. The third-order valence-electron chi connectivity index (χ3n) is 3.43. The first-order valence-electron chi connectivity index (χ1n) is 7.72. The lowest BCUT2D eigenvalue weighted by Crippen LogP contribution is -2.23. The summed E-state index contributed by atoms with van der Waals surface area (Å²) >= 11 is 0. The van der Waals surface area contributed by atoms with Gasteiger partial charge in [0.2, 0.25) is 0 Å². The molecule has 0 spiro atoms. The molecule has 0 saturated carbocycles. The highest BCUT2D eigenvalue weighted by Crippen LogP contribution is 2.08. The van der Waals surface area contributed by atoms with Gasteiger partial charge in [0.25, 0.3) is 5.91 Å². The van der Waals surface area contributed by atoms with Gasteiger partial charge in [0.1, 0.15) is 5.82 Å². The Bertz CT molecular complexity index is 608. The molecule has 0 aliphatic heterocycles. The lowest BCUT2D eigenvalue weighted by Gasteiger charge is -2.08. The number of aromatic nitrogens is 1. The summed E-state index contributed by atoms with van der Waals surface area (Å²) in [5.74, 6) is 0.665. The van der Waals surface area contributed by atoms with Crippen molar-refractivity contribution in [2.75, 3.05) is 11.9 Å². The number of rotatable bonds is 7. The maximum Gasteiger partial charge on any atom is 0.251 e. The maximum absolute atomic E-state index is 12.2. The first kappa shape index (κ1) is 16.0. The van der Waals surface area contributed by atoms with Gasteiger partial charge < -0.3 is 10.6 Å². The van der Waals surface area contributed by atoms with E-state index in [1.165, 1.54) is 5.56 Å². The molecule has 2 aromatic rings. The minimum atomic E-state index is -0.0819. The molecule has 0 radical (unpaired) electrons. The SMILES string of the molecule is CCCCNc1cc(C(=O)NCc2ccc(C)cc2)ccn1. The number of nitrogens with zero attached hydrogens (tertiary/aromatic N) is 1.